The second kappa shape index (κ2) is 14.7. The zero-order valence-corrected chi connectivity index (χ0v) is 21.8. The van der Waals surface area contributed by atoms with E-state index in [9.17, 15) is 4.79 Å². The number of hydrogen-bond acceptors (Lipinski definition) is 2. The van der Waals surface area contributed by atoms with Gasteiger partial charge in [-0.3, -0.25) is 4.79 Å². The quantitative estimate of drug-likeness (QED) is 0.343. The van der Waals surface area contributed by atoms with Crippen molar-refractivity contribution in [3.8, 4) is 0 Å². The molecule has 1 aliphatic carbocycles. The molecule has 0 radical (unpaired) electrons. The van der Waals surface area contributed by atoms with E-state index >= 15 is 0 Å². The highest BCUT2D eigenvalue weighted by Gasteiger charge is 2.23. The number of carbonyl (C=O) groups is 1. The van der Waals surface area contributed by atoms with Gasteiger partial charge in [-0.15, -0.1) is 12.4 Å². The molecule has 1 aliphatic heterocycles. The Balaban J connectivity index is 0.00000324. The van der Waals surface area contributed by atoms with Crippen molar-refractivity contribution in [3.63, 3.8) is 0 Å². The van der Waals surface area contributed by atoms with Gasteiger partial charge in [-0.05, 0) is 73.4 Å². The highest BCUT2D eigenvalue weighted by molar-refractivity contribution is 5.90. The summed E-state index contributed by atoms with van der Waals surface area (Å²) in [7, 11) is 0. The largest absolute Gasteiger partial charge is 0.342 e. The lowest BCUT2D eigenvalue weighted by Crippen LogP contribution is -2.39. The van der Waals surface area contributed by atoms with E-state index in [2.05, 4.69) is 52.7 Å². The molecule has 2 aliphatic rings. The number of likely N-dealkylation sites (tertiary alicyclic amines) is 1. The van der Waals surface area contributed by atoms with E-state index in [4.69, 9.17) is 0 Å². The number of nitrogens with zero attached hydrogens (tertiary/aromatic N) is 1. The Labute approximate surface area is 213 Å². The summed E-state index contributed by atoms with van der Waals surface area (Å²) in [5.74, 6) is 2.06. The van der Waals surface area contributed by atoms with Crippen LogP contribution in [0.3, 0.4) is 0 Å². The van der Waals surface area contributed by atoms with E-state index in [1.54, 1.807) is 0 Å². The molecule has 1 saturated carbocycles. The Bertz CT molecular complexity index is 851. The minimum atomic E-state index is 0. The highest BCUT2D eigenvalue weighted by Crippen LogP contribution is 2.25. The van der Waals surface area contributed by atoms with Crippen LogP contribution >= 0.6 is 12.4 Å². The topological polar surface area (TPSA) is 32.3 Å². The van der Waals surface area contributed by atoms with Crippen LogP contribution in [0.2, 0.25) is 0 Å². The second-order valence-electron chi connectivity index (χ2n) is 10.6. The monoisotopic (exact) mass is 484 g/mol. The van der Waals surface area contributed by atoms with Crippen LogP contribution in [0.15, 0.2) is 42.5 Å². The van der Waals surface area contributed by atoms with Crippen LogP contribution in [0.25, 0.3) is 10.8 Å². The van der Waals surface area contributed by atoms with Gasteiger partial charge in [0.25, 0.3) is 0 Å². The molecule has 0 bridgehead atoms. The maximum Gasteiger partial charge on any atom is 0.227 e. The van der Waals surface area contributed by atoms with E-state index in [1.165, 1.54) is 101 Å². The Hall–Kier alpha value is -1.58. The van der Waals surface area contributed by atoms with Gasteiger partial charge >= 0.3 is 0 Å². The van der Waals surface area contributed by atoms with Crippen molar-refractivity contribution in [2.24, 2.45) is 11.8 Å². The summed E-state index contributed by atoms with van der Waals surface area (Å²) < 4.78 is 0. The van der Waals surface area contributed by atoms with Crippen LogP contribution in [0.5, 0.6) is 0 Å². The van der Waals surface area contributed by atoms with Gasteiger partial charge in [0.2, 0.25) is 5.91 Å². The Morgan fingerprint density at radius 2 is 1.56 bits per heavy atom. The summed E-state index contributed by atoms with van der Waals surface area (Å²) in [6.45, 7) is 4.34. The molecule has 188 valence electrons. The van der Waals surface area contributed by atoms with Crippen LogP contribution in [0.1, 0.15) is 82.6 Å². The second-order valence-corrected chi connectivity index (χ2v) is 10.6. The summed E-state index contributed by atoms with van der Waals surface area (Å²) in [6, 6.07) is 14.7. The number of piperidine rings is 1. The van der Waals surface area contributed by atoms with E-state index in [-0.39, 0.29) is 12.4 Å². The zero-order chi connectivity index (χ0) is 22.7. The first-order chi connectivity index (χ1) is 16.3. The lowest BCUT2D eigenvalue weighted by atomic mass is 9.89. The molecule has 2 aromatic rings. The summed E-state index contributed by atoms with van der Waals surface area (Å²) in [4.78, 5) is 15.0. The molecule has 2 aromatic carbocycles. The minimum absolute atomic E-state index is 0. The number of rotatable bonds is 11. The Morgan fingerprint density at radius 3 is 2.38 bits per heavy atom. The van der Waals surface area contributed by atoms with Gasteiger partial charge in [-0.25, -0.2) is 0 Å². The summed E-state index contributed by atoms with van der Waals surface area (Å²) >= 11 is 0. The number of halogens is 1. The van der Waals surface area contributed by atoms with Crippen molar-refractivity contribution in [2.75, 3.05) is 26.2 Å². The van der Waals surface area contributed by atoms with Crippen molar-refractivity contribution in [2.45, 2.75) is 83.5 Å². The maximum absolute atomic E-state index is 12.9. The van der Waals surface area contributed by atoms with Crippen molar-refractivity contribution >= 4 is 29.1 Å². The third-order valence-electron chi connectivity index (χ3n) is 8.06. The van der Waals surface area contributed by atoms with Crippen LogP contribution in [0.4, 0.5) is 0 Å². The average molecular weight is 485 g/mol. The fourth-order valence-corrected chi connectivity index (χ4v) is 5.93. The van der Waals surface area contributed by atoms with Gasteiger partial charge in [0.15, 0.2) is 0 Å². The molecule has 0 unspecified atom stereocenters. The Morgan fingerprint density at radius 1 is 0.824 bits per heavy atom. The van der Waals surface area contributed by atoms with E-state index < -0.39 is 0 Å². The summed E-state index contributed by atoms with van der Waals surface area (Å²) in [5, 5.41) is 6.14. The van der Waals surface area contributed by atoms with Crippen LogP contribution in [-0.4, -0.2) is 37.0 Å². The number of fused-ring (bicyclic) bond motifs is 1. The predicted molar refractivity (Wildman–Crippen MR) is 147 cm³/mol. The molecule has 1 amide bonds. The van der Waals surface area contributed by atoms with E-state index in [0.29, 0.717) is 12.3 Å². The SMILES string of the molecule is Cl.O=C(Cc1cccc2ccccc12)N1CCC(CCCCCCNCC2CCCCC2)CC1. The fourth-order valence-electron chi connectivity index (χ4n) is 5.93. The molecule has 1 N–H and O–H groups in total. The minimum Gasteiger partial charge on any atom is -0.342 e. The van der Waals surface area contributed by atoms with Crippen molar-refractivity contribution in [1.29, 1.82) is 0 Å². The molecule has 1 heterocycles. The van der Waals surface area contributed by atoms with Gasteiger partial charge < -0.3 is 10.2 Å². The smallest absolute Gasteiger partial charge is 0.227 e. The van der Waals surface area contributed by atoms with Gasteiger partial charge in [-0.2, -0.15) is 0 Å². The van der Waals surface area contributed by atoms with Crippen molar-refractivity contribution in [1.82, 2.24) is 10.2 Å². The van der Waals surface area contributed by atoms with E-state index in [1.807, 2.05) is 0 Å². The highest BCUT2D eigenvalue weighted by atomic mass is 35.5. The molecule has 3 nitrogen and oxygen atoms in total. The van der Waals surface area contributed by atoms with Crippen LogP contribution in [0, 0.1) is 11.8 Å². The molecule has 34 heavy (non-hydrogen) atoms. The van der Waals surface area contributed by atoms with Gasteiger partial charge in [0.05, 0.1) is 6.42 Å². The summed E-state index contributed by atoms with van der Waals surface area (Å²) in [5.41, 5.74) is 1.16. The number of amides is 1. The molecule has 0 spiro atoms. The van der Waals surface area contributed by atoms with Crippen molar-refractivity contribution in [3.05, 3.63) is 48.0 Å². The molecule has 4 rings (SSSR count). The normalized spacial score (nSPS) is 17.6. The van der Waals surface area contributed by atoms with Crippen LogP contribution < -0.4 is 5.32 Å². The fraction of sp³-hybridized carbons (Fsp3) is 0.633. The number of nitrogens with one attached hydrogen (secondary N) is 1. The lowest BCUT2D eigenvalue weighted by molar-refractivity contribution is -0.131. The molecule has 2 fully saturated rings. The first kappa shape index (κ1) is 27.0. The number of unbranched alkanes of at least 4 members (excludes halogenated alkanes) is 3. The zero-order valence-electron chi connectivity index (χ0n) is 21.0. The summed E-state index contributed by atoms with van der Waals surface area (Å²) in [6.07, 6.45) is 16.9. The Kier molecular flexibility index (Phi) is 11.7. The molecule has 0 atom stereocenters. The molecule has 0 aromatic heterocycles. The third kappa shape index (κ3) is 8.27. The van der Waals surface area contributed by atoms with E-state index in [0.717, 1.165) is 30.5 Å². The molecular formula is C30H45ClN2O. The van der Waals surface area contributed by atoms with Gasteiger partial charge in [0.1, 0.15) is 0 Å². The molecule has 1 saturated heterocycles. The first-order valence-corrected chi connectivity index (χ1v) is 13.7. The lowest BCUT2D eigenvalue weighted by Gasteiger charge is -2.32. The predicted octanol–water partition coefficient (Wildman–Crippen LogP) is 7.16. The van der Waals surface area contributed by atoms with Crippen molar-refractivity contribution < 1.29 is 4.79 Å². The standard InChI is InChI=1S/C30H44N2O.ClH/c33-30(23-28-16-10-15-27-14-7-8-17-29(27)28)32-21-18-25(19-22-32)11-4-1-2-9-20-31-24-26-12-5-3-6-13-26;/h7-8,10,14-17,25-26,31H,1-6,9,11-13,18-24H2;1H. The van der Waals surface area contributed by atoms with Crippen LogP contribution in [-0.2, 0) is 11.2 Å². The number of hydrogen-bond donors (Lipinski definition) is 1. The van der Waals surface area contributed by atoms with Gasteiger partial charge in [0, 0.05) is 13.1 Å². The maximum atomic E-state index is 12.9. The third-order valence-corrected chi connectivity index (χ3v) is 8.06. The first-order valence-electron chi connectivity index (χ1n) is 13.7. The number of benzene rings is 2. The molecule has 4 heteroatoms. The molecular weight excluding hydrogens is 440 g/mol. The van der Waals surface area contributed by atoms with Gasteiger partial charge in [-0.1, -0.05) is 87.4 Å². The number of carbonyl (C=O) groups excluding carboxylic acids is 1. The average Bonchev–Trinajstić information content (AvgIpc) is 2.87.